The molecule has 0 amide bonds. The monoisotopic (exact) mass is 138 g/mol. The zero-order chi connectivity index (χ0) is 7.40. The molecule has 0 aliphatic carbocycles. The van der Waals surface area contributed by atoms with Gasteiger partial charge in [-0.2, -0.15) is 0 Å². The molecule has 0 bridgehead atoms. The molecule has 1 fully saturated rings. The van der Waals surface area contributed by atoms with Crippen molar-refractivity contribution in [1.29, 1.82) is 5.41 Å². The van der Waals surface area contributed by atoms with Gasteiger partial charge in [0.1, 0.15) is 0 Å². The minimum absolute atomic E-state index is 0.726. The summed E-state index contributed by atoms with van der Waals surface area (Å²) in [5.41, 5.74) is 1.97. The van der Waals surface area contributed by atoms with Crippen LogP contribution in [0.1, 0.15) is 26.2 Å². The number of allylic oxidation sites excluding steroid dienone is 2. The van der Waals surface area contributed by atoms with Gasteiger partial charge in [0.15, 0.2) is 0 Å². The fourth-order valence-electron chi connectivity index (χ4n) is 1.05. The molecule has 2 heteroatoms. The van der Waals surface area contributed by atoms with Gasteiger partial charge in [0.2, 0.25) is 0 Å². The van der Waals surface area contributed by atoms with E-state index in [0.717, 1.165) is 25.1 Å². The van der Waals surface area contributed by atoms with Gasteiger partial charge in [-0.1, -0.05) is 6.92 Å². The summed E-state index contributed by atoms with van der Waals surface area (Å²) in [5.74, 6) is 0. The number of nitrogens with one attached hydrogen (secondary N) is 2. The van der Waals surface area contributed by atoms with E-state index in [-0.39, 0.29) is 0 Å². The van der Waals surface area contributed by atoms with Crippen LogP contribution in [0.5, 0.6) is 0 Å². The van der Waals surface area contributed by atoms with Crippen molar-refractivity contribution in [2.45, 2.75) is 26.2 Å². The fraction of sp³-hybridized carbons (Fsp3) is 0.625. The Morgan fingerprint density at radius 3 is 3.10 bits per heavy atom. The molecule has 1 heterocycles. The highest BCUT2D eigenvalue weighted by Gasteiger charge is 2.04. The molecule has 1 aliphatic heterocycles. The van der Waals surface area contributed by atoms with E-state index in [0.29, 0.717) is 0 Å². The Balaban J connectivity index is 2.45. The largest absolute Gasteiger partial charge is 0.388 e. The lowest BCUT2D eigenvalue weighted by Gasteiger charge is -1.96. The molecule has 1 rings (SSSR count). The van der Waals surface area contributed by atoms with E-state index in [2.05, 4.69) is 5.32 Å². The molecule has 0 radical (unpaired) electrons. The average molecular weight is 138 g/mol. The zero-order valence-corrected chi connectivity index (χ0v) is 6.41. The van der Waals surface area contributed by atoms with E-state index in [1.54, 1.807) is 0 Å². The van der Waals surface area contributed by atoms with Crippen LogP contribution in [0.25, 0.3) is 0 Å². The molecule has 1 aliphatic rings. The van der Waals surface area contributed by atoms with E-state index in [1.807, 2.05) is 13.0 Å². The molecule has 0 aromatic rings. The molecule has 56 valence electrons. The van der Waals surface area contributed by atoms with E-state index in [1.165, 1.54) is 12.1 Å². The summed E-state index contributed by atoms with van der Waals surface area (Å²) in [5, 5.41) is 10.6. The van der Waals surface area contributed by atoms with Crippen LogP contribution in [0, 0.1) is 5.41 Å². The van der Waals surface area contributed by atoms with E-state index >= 15 is 0 Å². The van der Waals surface area contributed by atoms with Gasteiger partial charge in [-0.15, -0.1) is 0 Å². The van der Waals surface area contributed by atoms with Crippen LogP contribution in [-0.2, 0) is 0 Å². The maximum Gasteiger partial charge on any atom is 0.0328 e. The van der Waals surface area contributed by atoms with Crippen LogP contribution in [0.15, 0.2) is 11.8 Å². The van der Waals surface area contributed by atoms with Crippen molar-refractivity contribution in [2.75, 3.05) is 6.54 Å². The van der Waals surface area contributed by atoms with Crippen LogP contribution in [-0.4, -0.2) is 12.3 Å². The summed E-state index contributed by atoms with van der Waals surface area (Å²) in [6, 6.07) is 0. The molecule has 1 saturated heterocycles. The number of hydrogen-bond acceptors (Lipinski definition) is 2. The first-order valence-electron chi connectivity index (χ1n) is 3.85. The maximum absolute atomic E-state index is 7.39. The highest BCUT2D eigenvalue weighted by Crippen LogP contribution is 2.08. The van der Waals surface area contributed by atoms with Gasteiger partial charge in [-0.3, -0.25) is 0 Å². The van der Waals surface area contributed by atoms with Crippen LogP contribution < -0.4 is 5.32 Å². The summed E-state index contributed by atoms with van der Waals surface area (Å²) in [6.07, 6.45) is 5.14. The first-order chi connectivity index (χ1) is 4.83. The van der Waals surface area contributed by atoms with Crippen LogP contribution in [0.3, 0.4) is 0 Å². The summed E-state index contributed by atoms with van der Waals surface area (Å²) >= 11 is 0. The van der Waals surface area contributed by atoms with Gasteiger partial charge in [0.05, 0.1) is 0 Å². The van der Waals surface area contributed by atoms with Crippen molar-refractivity contribution in [3.63, 3.8) is 0 Å². The smallest absolute Gasteiger partial charge is 0.0328 e. The lowest BCUT2D eigenvalue weighted by molar-refractivity contribution is 0.903. The molecule has 0 spiro atoms. The fourth-order valence-corrected chi connectivity index (χ4v) is 1.05. The predicted molar refractivity (Wildman–Crippen MR) is 43.3 cm³/mol. The molecule has 0 aromatic carbocycles. The third-order valence-electron chi connectivity index (χ3n) is 1.70. The lowest BCUT2D eigenvalue weighted by Crippen LogP contribution is -2.05. The molecule has 0 saturated carbocycles. The second-order valence-corrected chi connectivity index (χ2v) is 2.58. The standard InChI is InChI=1S/C8H14N2/c1-2-7(9)6-8-4-3-5-10-8/h6,9-10H,2-5H2,1H3/b8-6-,9-7?. The van der Waals surface area contributed by atoms with Crippen LogP contribution in [0.2, 0.25) is 0 Å². The summed E-state index contributed by atoms with van der Waals surface area (Å²) in [7, 11) is 0. The Kier molecular flexibility index (Phi) is 2.49. The highest BCUT2D eigenvalue weighted by molar-refractivity contribution is 5.92. The Morgan fingerprint density at radius 2 is 2.60 bits per heavy atom. The van der Waals surface area contributed by atoms with Crippen molar-refractivity contribution in [1.82, 2.24) is 5.32 Å². The first kappa shape index (κ1) is 7.32. The molecule has 0 atom stereocenters. The average Bonchev–Trinajstić information content (AvgIpc) is 2.40. The molecule has 2 N–H and O–H groups in total. The van der Waals surface area contributed by atoms with Gasteiger partial charge in [-0.05, 0) is 25.3 Å². The highest BCUT2D eigenvalue weighted by atomic mass is 14.9. The molecule has 2 nitrogen and oxygen atoms in total. The Morgan fingerprint density at radius 1 is 1.80 bits per heavy atom. The number of hydrogen-bond donors (Lipinski definition) is 2. The van der Waals surface area contributed by atoms with Crippen molar-refractivity contribution in [2.24, 2.45) is 0 Å². The summed E-state index contributed by atoms with van der Waals surface area (Å²) in [4.78, 5) is 0. The first-order valence-corrected chi connectivity index (χ1v) is 3.85. The third-order valence-corrected chi connectivity index (χ3v) is 1.70. The lowest BCUT2D eigenvalue weighted by atomic mass is 10.2. The Labute approximate surface area is 61.8 Å². The SMILES string of the molecule is CCC(=N)/C=C1/CCCN1. The van der Waals surface area contributed by atoms with Crippen molar-refractivity contribution in [3.8, 4) is 0 Å². The topological polar surface area (TPSA) is 35.9 Å². The van der Waals surface area contributed by atoms with Gasteiger partial charge in [-0.25, -0.2) is 0 Å². The van der Waals surface area contributed by atoms with Gasteiger partial charge >= 0.3 is 0 Å². The molecule has 0 unspecified atom stereocenters. The van der Waals surface area contributed by atoms with E-state index in [9.17, 15) is 0 Å². The minimum Gasteiger partial charge on any atom is -0.388 e. The minimum atomic E-state index is 0.726. The Bertz CT molecular complexity index is 151. The van der Waals surface area contributed by atoms with Gasteiger partial charge in [0.25, 0.3) is 0 Å². The Hall–Kier alpha value is -0.790. The molecule has 10 heavy (non-hydrogen) atoms. The molecule has 0 aromatic heterocycles. The maximum atomic E-state index is 7.39. The van der Waals surface area contributed by atoms with E-state index in [4.69, 9.17) is 5.41 Å². The van der Waals surface area contributed by atoms with Crippen molar-refractivity contribution in [3.05, 3.63) is 11.8 Å². The summed E-state index contributed by atoms with van der Waals surface area (Å²) < 4.78 is 0. The third kappa shape index (κ3) is 1.87. The van der Waals surface area contributed by atoms with E-state index < -0.39 is 0 Å². The molecular formula is C8H14N2. The quantitative estimate of drug-likeness (QED) is 0.559. The second kappa shape index (κ2) is 3.40. The molecular weight excluding hydrogens is 124 g/mol. The zero-order valence-electron chi connectivity index (χ0n) is 6.41. The van der Waals surface area contributed by atoms with Crippen molar-refractivity contribution < 1.29 is 0 Å². The van der Waals surface area contributed by atoms with Crippen LogP contribution in [0.4, 0.5) is 0 Å². The normalized spacial score (nSPS) is 21.1. The van der Waals surface area contributed by atoms with Gasteiger partial charge in [0, 0.05) is 18.0 Å². The van der Waals surface area contributed by atoms with Gasteiger partial charge < -0.3 is 10.7 Å². The second-order valence-electron chi connectivity index (χ2n) is 2.58. The van der Waals surface area contributed by atoms with Crippen LogP contribution >= 0.6 is 0 Å². The van der Waals surface area contributed by atoms with Crippen molar-refractivity contribution >= 4 is 5.71 Å². The summed E-state index contributed by atoms with van der Waals surface area (Å²) in [6.45, 7) is 3.09. The number of rotatable bonds is 2. The predicted octanol–water partition coefficient (Wildman–Crippen LogP) is 1.68.